The Morgan fingerprint density at radius 3 is 1.86 bits per heavy atom. The van der Waals surface area contributed by atoms with E-state index in [1.165, 1.54) is 0 Å². The van der Waals surface area contributed by atoms with E-state index in [-0.39, 0.29) is 6.29 Å². The molecule has 0 aliphatic carbocycles. The molecule has 0 aromatic heterocycles. The van der Waals surface area contributed by atoms with Gasteiger partial charge in [-0.25, -0.2) is 0 Å². The average Bonchev–Trinajstić information content (AvgIpc) is 2.27. The van der Waals surface area contributed by atoms with Crippen molar-refractivity contribution in [2.75, 3.05) is 6.61 Å². The number of aliphatic hydroxyl groups excluding tert-OH is 5. The second-order valence-corrected chi connectivity index (χ2v) is 2.36. The van der Waals surface area contributed by atoms with Crippen molar-refractivity contribution in [2.24, 2.45) is 0 Å². The number of hydrogen-bond donors (Lipinski definition) is 5. The molecule has 0 aromatic rings. The van der Waals surface area contributed by atoms with E-state index in [9.17, 15) is 4.79 Å². The fraction of sp³-hybridized carbons (Fsp3) is 0.833. The fourth-order valence-electron chi connectivity index (χ4n) is 0.618. The zero-order valence-electron chi connectivity index (χ0n) is 7.62. The molecular formula is C6H12ClNaO6. The number of hydrogen-bond acceptors (Lipinski definition) is 6. The summed E-state index contributed by atoms with van der Waals surface area (Å²) in [5.41, 5.74) is 0. The maximum absolute atomic E-state index is 9.90. The first-order valence-electron chi connectivity index (χ1n) is 3.70. The number of carbonyl (C=O) groups excluding carboxylic acids is 1. The molecule has 0 rings (SSSR count). The first-order chi connectivity index (χ1) is 6.54. The van der Waals surface area contributed by atoms with Crippen molar-refractivity contribution in [3.63, 3.8) is 0 Å². The average molecular weight is 239 g/mol. The van der Waals surface area contributed by atoms with Crippen LogP contribution in [-0.4, -0.2) is 89.5 Å². The van der Waals surface area contributed by atoms with Crippen molar-refractivity contribution in [3.8, 4) is 0 Å². The summed E-state index contributed by atoms with van der Waals surface area (Å²) < 4.78 is 0. The van der Waals surface area contributed by atoms with Gasteiger partial charge >= 0.3 is 34.6 Å². The number of halogens is 1. The molecule has 6 nitrogen and oxygen atoms in total. The van der Waals surface area contributed by atoms with Crippen LogP contribution in [0, 0.1) is 0 Å². The van der Waals surface area contributed by atoms with E-state index in [1.54, 1.807) is 0 Å². The van der Waals surface area contributed by atoms with Crippen LogP contribution in [0.1, 0.15) is 0 Å². The summed E-state index contributed by atoms with van der Waals surface area (Å²) in [4.78, 5) is 9.90. The Morgan fingerprint density at radius 2 is 1.57 bits per heavy atom. The van der Waals surface area contributed by atoms with Crippen molar-refractivity contribution in [1.82, 2.24) is 0 Å². The van der Waals surface area contributed by atoms with Gasteiger partial charge in [-0.2, -0.15) is 0 Å². The summed E-state index contributed by atoms with van der Waals surface area (Å²) in [6.07, 6.45) is -6.84. The standard InChI is InChI=1S/C6H12O6.ClH.Na/c7-1-3(9)5(11)6(12)4(10)2-8;;/h1,3-6,8-12H,2H2;1H;/q;;+1/p-1/t3-,4+,5+,6+;;/m0../s1. The molecule has 0 saturated heterocycles. The molecule has 0 heterocycles. The van der Waals surface area contributed by atoms with Gasteiger partial charge in [0.1, 0.15) is 24.4 Å². The van der Waals surface area contributed by atoms with Gasteiger partial charge in [0.25, 0.3) is 0 Å². The Morgan fingerprint density at radius 1 is 1.14 bits per heavy atom. The van der Waals surface area contributed by atoms with E-state index in [4.69, 9.17) is 33.4 Å². The Hall–Kier alpha value is 0.760. The molecule has 0 spiro atoms. The van der Waals surface area contributed by atoms with Crippen LogP contribution in [0.5, 0.6) is 0 Å². The van der Waals surface area contributed by atoms with Gasteiger partial charge in [-0.05, 0) is 0 Å². The molecule has 0 fully saturated rings. The second-order valence-electron chi connectivity index (χ2n) is 2.36. The van der Waals surface area contributed by atoms with Crippen LogP contribution in [0.2, 0.25) is 0 Å². The van der Waals surface area contributed by atoms with Crippen molar-refractivity contribution in [2.45, 2.75) is 24.4 Å². The first kappa shape index (κ1) is 17.2. The first-order valence-corrected chi connectivity index (χ1v) is 6.73. The van der Waals surface area contributed by atoms with E-state index >= 15 is 0 Å². The van der Waals surface area contributed by atoms with Crippen molar-refractivity contribution < 1.29 is 30.3 Å². The molecule has 0 aromatic carbocycles. The molecule has 14 heavy (non-hydrogen) atoms. The molecule has 80 valence electrons. The third-order valence-corrected chi connectivity index (χ3v) is 1.42. The van der Waals surface area contributed by atoms with E-state index in [1.807, 2.05) is 0 Å². The van der Waals surface area contributed by atoms with E-state index in [2.05, 4.69) is 0 Å². The van der Waals surface area contributed by atoms with Crippen LogP contribution in [0.3, 0.4) is 0 Å². The van der Waals surface area contributed by atoms with Crippen molar-refractivity contribution in [1.29, 1.82) is 0 Å². The van der Waals surface area contributed by atoms with Gasteiger partial charge in [-0.15, -0.1) is 0 Å². The van der Waals surface area contributed by atoms with E-state index in [0.717, 1.165) is 26.6 Å². The third-order valence-electron chi connectivity index (χ3n) is 1.42. The van der Waals surface area contributed by atoms with Crippen molar-refractivity contribution >= 4 is 40.8 Å². The molecule has 0 amide bonds. The summed E-state index contributed by atoms with van der Waals surface area (Å²) in [5.74, 6) is 0. The zero-order valence-corrected chi connectivity index (χ0v) is 10.4. The minimum absolute atomic E-state index is 0.0258. The molecule has 0 radical (unpaired) electrons. The Labute approximate surface area is 102 Å². The fourth-order valence-corrected chi connectivity index (χ4v) is 0.618. The molecule has 0 aliphatic rings. The maximum atomic E-state index is 9.90. The third kappa shape index (κ3) is 6.28. The summed E-state index contributed by atoms with van der Waals surface area (Å²) in [6, 6.07) is 0. The second kappa shape index (κ2) is 10.3. The predicted octanol–water partition coefficient (Wildman–Crippen LogP) is -3.07. The Bertz CT molecular complexity index is 148. The predicted molar refractivity (Wildman–Crippen MR) is 48.8 cm³/mol. The molecule has 0 unspecified atom stereocenters. The molecule has 5 N–H and O–H groups in total. The summed E-state index contributed by atoms with van der Waals surface area (Å²) in [5, 5.41) is 43.5. The molecule has 4 atom stereocenters. The monoisotopic (exact) mass is 238 g/mol. The topological polar surface area (TPSA) is 118 Å². The zero-order chi connectivity index (χ0) is 11.7. The summed E-state index contributed by atoms with van der Waals surface area (Å²) in [7, 11) is 4.78. The van der Waals surface area contributed by atoms with Crippen LogP contribution in [-0.2, 0) is 4.79 Å². The molecule has 0 aliphatic heterocycles. The van der Waals surface area contributed by atoms with E-state index < -0.39 is 31.0 Å². The Kier molecular flexibility index (Phi) is 12.6. The van der Waals surface area contributed by atoms with Gasteiger partial charge in [0.15, 0.2) is 6.29 Å². The van der Waals surface area contributed by atoms with Crippen LogP contribution >= 0.6 is 7.91 Å². The van der Waals surface area contributed by atoms with Gasteiger partial charge in [0.05, 0.1) is 6.61 Å². The van der Waals surface area contributed by atoms with Gasteiger partial charge in [0, 0.05) is 0 Å². The molecular weight excluding hydrogens is 227 g/mol. The van der Waals surface area contributed by atoms with Crippen LogP contribution < -0.4 is 0 Å². The summed E-state index contributed by atoms with van der Waals surface area (Å²) >= 11 is 0.778. The van der Waals surface area contributed by atoms with Crippen LogP contribution in [0.15, 0.2) is 0 Å². The number of carbonyl (C=O) groups is 1. The quantitative estimate of drug-likeness (QED) is 0.256. The molecule has 0 saturated carbocycles. The number of aliphatic hydroxyl groups is 5. The minimum atomic E-state index is -1.79. The molecule has 0 bridgehead atoms. The molecule has 8 heteroatoms. The van der Waals surface area contributed by atoms with Crippen LogP contribution in [0.25, 0.3) is 0 Å². The van der Waals surface area contributed by atoms with Crippen LogP contribution in [0.4, 0.5) is 0 Å². The van der Waals surface area contributed by atoms with Gasteiger partial charge in [0.2, 0.25) is 0 Å². The van der Waals surface area contributed by atoms with Crippen molar-refractivity contribution in [3.05, 3.63) is 0 Å². The SMILES string of the molecule is O=C[C@H](O)[C@@H](O)[C@H](O)[C@H](O)CO.[Na][Cl]. The number of aldehydes is 1. The van der Waals surface area contributed by atoms with Gasteiger partial charge in [-0.3, -0.25) is 0 Å². The normalized spacial score (nSPS) is 18.6. The van der Waals surface area contributed by atoms with Gasteiger partial charge < -0.3 is 30.3 Å². The Balaban J connectivity index is 0. The number of rotatable bonds is 5. The van der Waals surface area contributed by atoms with E-state index in [0.29, 0.717) is 0 Å². The summed E-state index contributed by atoms with van der Waals surface area (Å²) in [6.45, 7) is -0.760. The van der Waals surface area contributed by atoms with Gasteiger partial charge in [-0.1, -0.05) is 0 Å².